The predicted molar refractivity (Wildman–Crippen MR) is 109 cm³/mol. The lowest BCUT2D eigenvalue weighted by Crippen LogP contribution is -2.37. The fraction of sp³-hybridized carbons (Fsp3) is 0.200. The summed E-state index contributed by atoms with van der Waals surface area (Å²) in [5, 5.41) is 21.2. The maximum absolute atomic E-state index is 12.4. The van der Waals surface area contributed by atoms with E-state index >= 15 is 0 Å². The minimum atomic E-state index is -1.00. The second-order valence-electron chi connectivity index (χ2n) is 6.39. The summed E-state index contributed by atoms with van der Waals surface area (Å²) in [6.07, 6.45) is 0.115. The Morgan fingerprint density at radius 2 is 1.76 bits per heavy atom. The summed E-state index contributed by atoms with van der Waals surface area (Å²) in [6, 6.07) is 12.4. The van der Waals surface area contributed by atoms with Gasteiger partial charge in [0.15, 0.2) is 0 Å². The molecule has 0 heterocycles. The molecule has 0 aromatic heterocycles. The van der Waals surface area contributed by atoms with Gasteiger partial charge in [0, 0.05) is 23.4 Å². The van der Waals surface area contributed by atoms with Gasteiger partial charge in [0.2, 0.25) is 5.91 Å². The number of aliphatic carboxylic acids is 1. The van der Waals surface area contributed by atoms with Crippen molar-refractivity contribution in [3.63, 3.8) is 0 Å². The Bertz CT molecular complexity index is 911. The van der Waals surface area contributed by atoms with Crippen molar-refractivity contribution in [3.8, 4) is 0 Å². The third-order valence-electron chi connectivity index (χ3n) is 4.07. The third-order valence-corrected chi connectivity index (χ3v) is 4.07. The molecule has 0 fully saturated rings. The van der Waals surface area contributed by atoms with Crippen molar-refractivity contribution >= 4 is 29.3 Å². The molecule has 9 nitrogen and oxygen atoms in total. The first-order valence-corrected chi connectivity index (χ1v) is 8.86. The number of carbonyl (C=O) groups excluding carboxylic acids is 2. The molecule has 0 aliphatic rings. The van der Waals surface area contributed by atoms with Crippen LogP contribution in [-0.4, -0.2) is 41.3 Å². The van der Waals surface area contributed by atoms with Crippen LogP contribution in [0.25, 0.3) is 0 Å². The van der Waals surface area contributed by atoms with E-state index in [1.54, 1.807) is 42.5 Å². The summed E-state index contributed by atoms with van der Waals surface area (Å²) in [4.78, 5) is 34.9. The molecule has 152 valence electrons. The Hall–Kier alpha value is -3.72. The zero-order valence-electron chi connectivity index (χ0n) is 15.6. The van der Waals surface area contributed by atoms with E-state index in [-0.39, 0.29) is 18.8 Å². The molecule has 9 heteroatoms. The summed E-state index contributed by atoms with van der Waals surface area (Å²) in [6.45, 7) is 0.0120. The zero-order valence-corrected chi connectivity index (χ0v) is 15.6. The molecule has 0 saturated carbocycles. The maximum atomic E-state index is 12.4. The molecule has 0 spiro atoms. The van der Waals surface area contributed by atoms with Crippen molar-refractivity contribution in [1.29, 1.82) is 5.41 Å². The second-order valence-corrected chi connectivity index (χ2v) is 6.39. The van der Waals surface area contributed by atoms with E-state index in [0.29, 0.717) is 23.2 Å². The Morgan fingerprint density at radius 1 is 1.07 bits per heavy atom. The number of nitrogen functional groups attached to an aromatic ring is 1. The van der Waals surface area contributed by atoms with Crippen molar-refractivity contribution in [2.75, 3.05) is 11.9 Å². The van der Waals surface area contributed by atoms with Gasteiger partial charge in [-0.3, -0.25) is 19.8 Å². The van der Waals surface area contributed by atoms with Gasteiger partial charge in [-0.05, 0) is 30.2 Å². The van der Waals surface area contributed by atoms with E-state index in [2.05, 4.69) is 10.6 Å². The average Bonchev–Trinajstić information content (AvgIpc) is 2.68. The summed E-state index contributed by atoms with van der Waals surface area (Å²) in [7, 11) is 0. The van der Waals surface area contributed by atoms with Crippen LogP contribution in [0.1, 0.15) is 27.9 Å². The Balaban J connectivity index is 1.94. The highest BCUT2D eigenvalue weighted by molar-refractivity contribution is 5.98. The molecule has 2 rings (SSSR count). The smallest absolute Gasteiger partial charge is 0.305 e. The number of carboxylic acid groups (broad SMARTS) is 1. The van der Waals surface area contributed by atoms with Gasteiger partial charge in [0.1, 0.15) is 5.84 Å². The lowest BCUT2D eigenvalue weighted by molar-refractivity contribution is -0.136. The van der Waals surface area contributed by atoms with Crippen LogP contribution in [0.5, 0.6) is 0 Å². The molecular weight excluding hydrogens is 374 g/mol. The lowest BCUT2D eigenvalue weighted by atomic mass is 10.0. The maximum Gasteiger partial charge on any atom is 0.305 e. The number of nitrogens with one attached hydrogen (secondary N) is 3. The van der Waals surface area contributed by atoms with Crippen LogP contribution >= 0.6 is 0 Å². The lowest BCUT2D eigenvalue weighted by Gasteiger charge is -2.13. The van der Waals surface area contributed by atoms with E-state index in [4.69, 9.17) is 22.0 Å². The minimum Gasteiger partial charge on any atom is -0.481 e. The molecule has 0 aliphatic heterocycles. The van der Waals surface area contributed by atoms with Gasteiger partial charge < -0.3 is 27.2 Å². The minimum absolute atomic E-state index is 0.0120. The van der Waals surface area contributed by atoms with Gasteiger partial charge in [0.25, 0.3) is 5.91 Å². The quantitative estimate of drug-likeness (QED) is 0.268. The Kier molecular flexibility index (Phi) is 7.44. The number of nitrogens with two attached hydrogens (primary N) is 2. The average molecular weight is 397 g/mol. The van der Waals surface area contributed by atoms with E-state index in [9.17, 15) is 14.4 Å². The highest BCUT2D eigenvalue weighted by atomic mass is 16.4. The largest absolute Gasteiger partial charge is 0.481 e. The highest BCUT2D eigenvalue weighted by Gasteiger charge is 2.15. The first-order chi connectivity index (χ1) is 13.8. The monoisotopic (exact) mass is 397 g/mol. The van der Waals surface area contributed by atoms with Gasteiger partial charge in [0.05, 0.1) is 12.5 Å². The number of carboxylic acids is 1. The number of benzene rings is 2. The van der Waals surface area contributed by atoms with Crippen molar-refractivity contribution < 1.29 is 19.5 Å². The molecule has 1 unspecified atom stereocenters. The van der Waals surface area contributed by atoms with Crippen LogP contribution in [0.3, 0.4) is 0 Å². The number of hydrogen-bond acceptors (Lipinski definition) is 5. The van der Waals surface area contributed by atoms with Crippen LogP contribution in [0.2, 0.25) is 0 Å². The standard InChI is InChI=1S/C20H23N5O4/c21-16(10-12-4-6-13(7-5-12)18(22)23)20(29)25-15-3-1-2-14(11-15)19(28)24-9-8-17(26)27/h1-7,11,16H,8-10,21H2,(H3,22,23)(H,24,28)(H,25,29)(H,26,27). The molecule has 1 atom stereocenters. The molecule has 2 aromatic carbocycles. The molecule has 8 N–H and O–H groups in total. The fourth-order valence-corrected chi connectivity index (χ4v) is 2.53. The van der Waals surface area contributed by atoms with E-state index < -0.39 is 23.8 Å². The molecule has 0 bridgehead atoms. The van der Waals surface area contributed by atoms with E-state index in [0.717, 1.165) is 5.56 Å². The van der Waals surface area contributed by atoms with Crippen LogP contribution in [-0.2, 0) is 16.0 Å². The number of amides is 2. The summed E-state index contributed by atoms with van der Waals surface area (Å²) in [5.41, 5.74) is 13.5. The number of rotatable bonds is 9. The van der Waals surface area contributed by atoms with Crippen LogP contribution in [0.4, 0.5) is 5.69 Å². The molecule has 2 amide bonds. The first kappa shape index (κ1) is 21.6. The number of hydrogen-bond donors (Lipinski definition) is 6. The van der Waals surface area contributed by atoms with Crippen LogP contribution < -0.4 is 22.1 Å². The van der Waals surface area contributed by atoms with E-state index in [1.165, 1.54) is 6.07 Å². The Morgan fingerprint density at radius 3 is 2.38 bits per heavy atom. The molecule has 0 aliphatic carbocycles. The molecule has 2 aromatic rings. The van der Waals surface area contributed by atoms with Gasteiger partial charge in [-0.25, -0.2) is 0 Å². The van der Waals surface area contributed by atoms with Gasteiger partial charge in [-0.2, -0.15) is 0 Å². The predicted octanol–water partition coefficient (Wildman–Crippen LogP) is 0.684. The second kappa shape index (κ2) is 10.00. The van der Waals surface area contributed by atoms with Crippen LogP contribution in [0, 0.1) is 5.41 Å². The van der Waals surface area contributed by atoms with Crippen molar-refractivity contribution in [3.05, 3.63) is 65.2 Å². The van der Waals surface area contributed by atoms with Gasteiger partial charge >= 0.3 is 5.97 Å². The fourth-order valence-electron chi connectivity index (χ4n) is 2.53. The van der Waals surface area contributed by atoms with Gasteiger partial charge in [-0.15, -0.1) is 0 Å². The highest BCUT2D eigenvalue weighted by Crippen LogP contribution is 2.12. The number of carbonyl (C=O) groups is 3. The Labute approximate surface area is 167 Å². The summed E-state index contributed by atoms with van der Waals surface area (Å²) in [5.74, 6) is -1.89. The molecule has 0 radical (unpaired) electrons. The first-order valence-electron chi connectivity index (χ1n) is 8.86. The molecular formula is C20H23N5O4. The summed E-state index contributed by atoms with van der Waals surface area (Å²) < 4.78 is 0. The van der Waals surface area contributed by atoms with Crippen molar-refractivity contribution in [2.24, 2.45) is 11.5 Å². The van der Waals surface area contributed by atoms with Crippen molar-refractivity contribution in [2.45, 2.75) is 18.9 Å². The van der Waals surface area contributed by atoms with Crippen molar-refractivity contribution in [1.82, 2.24) is 5.32 Å². The summed E-state index contributed by atoms with van der Waals surface area (Å²) >= 11 is 0. The topological polar surface area (TPSA) is 171 Å². The van der Waals surface area contributed by atoms with E-state index in [1.807, 2.05) is 0 Å². The number of anilines is 1. The number of amidine groups is 1. The molecule has 0 saturated heterocycles. The normalized spacial score (nSPS) is 11.3. The molecule has 29 heavy (non-hydrogen) atoms. The third kappa shape index (κ3) is 6.74. The van der Waals surface area contributed by atoms with Gasteiger partial charge in [-0.1, -0.05) is 30.3 Å². The van der Waals surface area contributed by atoms with Crippen LogP contribution in [0.15, 0.2) is 48.5 Å². The SMILES string of the molecule is N=C(N)c1ccc(CC(N)C(=O)Nc2cccc(C(=O)NCCC(=O)O)c2)cc1. The zero-order chi connectivity index (χ0) is 21.4.